The zero-order valence-corrected chi connectivity index (χ0v) is 13.8. The fourth-order valence-electron chi connectivity index (χ4n) is 2.39. The number of benzene rings is 1. The van der Waals surface area contributed by atoms with Gasteiger partial charge in [0.05, 0.1) is 13.0 Å². The number of rotatable bonds is 7. The Morgan fingerprint density at radius 1 is 1.27 bits per heavy atom. The number of hydrogen-bond acceptors (Lipinski definition) is 5. The van der Waals surface area contributed by atoms with Gasteiger partial charge in [0.1, 0.15) is 16.4 Å². The van der Waals surface area contributed by atoms with Gasteiger partial charge in [-0.25, -0.2) is 8.42 Å². The maximum atomic E-state index is 12.3. The summed E-state index contributed by atoms with van der Waals surface area (Å²) >= 11 is 0. The summed E-state index contributed by atoms with van der Waals surface area (Å²) in [4.78, 5) is 24.2. The van der Waals surface area contributed by atoms with Crippen LogP contribution >= 0.6 is 0 Å². The van der Waals surface area contributed by atoms with Gasteiger partial charge < -0.3 is 4.74 Å². The molecule has 2 rings (SSSR count). The second-order valence-electron chi connectivity index (χ2n) is 5.61. The quantitative estimate of drug-likeness (QED) is 0.568. The van der Waals surface area contributed by atoms with E-state index in [1.165, 1.54) is 12.1 Å². The molecule has 0 aromatic heterocycles. The fourth-order valence-corrected chi connectivity index (χ4v) is 3.25. The van der Waals surface area contributed by atoms with Crippen LogP contribution in [-0.4, -0.2) is 32.8 Å². The Bertz CT molecular complexity index is 714. The molecule has 120 valence electrons. The van der Waals surface area contributed by atoms with Crippen molar-refractivity contribution in [1.82, 2.24) is 0 Å². The first kappa shape index (κ1) is 16.7. The van der Waals surface area contributed by atoms with Crippen molar-refractivity contribution in [3.05, 3.63) is 23.3 Å². The second kappa shape index (κ2) is 6.20. The van der Waals surface area contributed by atoms with Gasteiger partial charge in [0.2, 0.25) is 0 Å². The van der Waals surface area contributed by atoms with Crippen molar-refractivity contribution in [3.8, 4) is 5.75 Å². The third kappa shape index (κ3) is 3.55. The number of ether oxygens (including phenoxy) is 1. The highest BCUT2D eigenvalue weighted by Crippen LogP contribution is 2.33. The first-order chi connectivity index (χ1) is 10.3. The third-order valence-corrected chi connectivity index (χ3v) is 4.85. The molecule has 5 nitrogen and oxygen atoms in total. The summed E-state index contributed by atoms with van der Waals surface area (Å²) < 4.78 is 29.1. The van der Waals surface area contributed by atoms with Gasteiger partial charge in [0, 0.05) is 23.3 Å². The molecule has 6 heteroatoms. The van der Waals surface area contributed by atoms with E-state index in [9.17, 15) is 18.0 Å². The minimum atomic E-state index is -3.45. The number of Topliss-reactive ketones (excluding diaryl/α,β-unsaturated/α-hetero) is 2. The van der Waals surface area contributed by atoms with Crippen LogP contribution in [0.25, 0.3) is 0 Å². The molecular weight excluding hydrogens is 304 g/mol. The van der Waals surface area contributed by atoms with E-state index in [-0.39, 0.29) is 34.6 Å². The normalized spacial score (nSPS) is 14.7. The smallest absolute Gasteiger partial charge is 0.179 e. The SMILES string of the molecule is CCOc1c(S(C)(=O)=O)ccc(C(=O)CC(=O)C2CC2)c1C. The van der Waals surface area contributed by atoms with Gasteiger partial charge in [-0.1, -0.05) is 0 Å². The predicted octanol–water partition coefficient (Wildman–Crippen LogP) is 2.35. The van der Waals surface area contributed by atoms with Gasteiger partial charge in [-0.05, 0) is 38.8 Å². The number of carbonyl (C=O) groups excluding carboxylic acids is 2. The van der Waals surface area contributed by atoms with Crippen LogP contribution < -0.4 is 4.74 Å². The lowest BCUT2D eigenvalue weighted by molar-refractivity contribution is -0.119. The van der Waals surface area contributed by atoms with Crippen LogP contribution in [0.2, 0.25) is 0 Å². The lowest BCUT2D eigenvalue weighted by Crippen LogP contribution is -2.13. The molecule has 22 heavy (non-hydrogen) atoms. The molecule has 0 heterocycles. The van der Waals surface area contributed by atoms with E-state index in [2.05, 4.69) is 0 Å². The number of ketones is 2. The van der Waals surface area contributed by atoms with Gasteiger partial charge in [-0.2, -0.15) is 0 Å². The van der Waals surface area contributed by atoms with Crippen molar-refractivity contribution in [1.29, 1.82) is 0 Å². The van der Waals surface area contributed by atoms with E-state index in [0.29, 0.717) is 17.7 Å². The van der Waals surface area contributed by atoms with Crippen LogP contribution in [0.1, 0.15) is 42.1 Å². The van der Waals surface area contributed by atoms with Crippen LogP contribution in [0.4, 0.5) is 0 Å². The molecule has 1 saturated carbocycles. The summed E-state index contributed by atoms with van der Waals surface area (Å²) in [6.07, 6.45) is 2.70. The summed E-state index contributed by atoms with van der Waals surface area (Å²) in [5.41, 5.74) is 0.822. The summed E-state index contributed by atoms with van der Waals surface area (Å²) in [5.74, 6) is -0.0782. The molecule has 0 saturated heterocycles. The molecule has 1 aliphatic rings. The van der Waals surface area contributed by atoms with Crippen molar-refractivity contribution >= 4 is 21.4 Å². The van der Waals surface area contributed by atoms with Gasteiger partial charge >= 0.3 is 0 Å². The molecule has 0 aliphatic heterocycles. The maximum Gasteiger partial charge on any atom is 0.179 e. The molecule has 0 radical (unpaired) electrons. The molecule has 1 fully saturated rings. The van der Waals surface area contributed by atoms with E-state index < -0.39 is 9.84 Å². The molecule has 0 atom stereocenters. The predicted molar refractivity (Wildman–Crippen MR) is 82.1 cm³/mol. The highest BCUT2D eigenvalue weighted by molar-refractivity contribution is 7.90. The summed E-state index contributed by atoms with van der Waals surface area (Å²) in [5, 5.41) is 0. The Morgan fingerprint density at radius 2 is 1.91 bits per heavy atom. The third-order valence-electron chi connectivity index (χ3n) is 3.73. The summed E-state index contributed by atoms with van der Waals surface area (Å²) in [7, 11) is -3.45. The zero-order valence-electron chi connectivity index (χ0n) is 13.0. The monoisotopic (exact) mass is 324 g/mol. The number of hydrogen-bond donors (Lipinski definition) is 0. The molecule has 0 bridgehead atoms. The average Bonchev–Trinajstić information content (AvgIpc) is 3.23. The molecule has 0 spiro atoms. The van der Waals surface area contributed by atoms with Crippen molar-refractivity contribution in [2.75, 3.05) is 12.9 Å². The molecule has 1 aromatic rings. The Kier molecular flexibility index (Phi) is 4.70. The summed E-state index contributed by atoms with van der Waals surface area (Å²) in [6.45, 7) is 3.69. The van der Waals surface area contributed by atoms with E-state index in [1.54, 1.807) is 13.8 Å². The highest BCUT2D eigenvalue weighted by atomic mass is 32.2. The molecule has 0 unspecified atom stereocenters. The highest BCUT2D eigenvalue weighted by Gasteiger charge is 2.31. The number of carbonyl (C=O) groups is 2. The van der Waals surface area contributed by atoms with Crippen molar-refractivity contribution in [2.45, 2.75) is 38.0 Å². The molecule has 1 aromatic carbocycles. The Balaban J connectivity index is 2.38. The zero-order chi connectivity index (χ0) is 16.5. The van der Waals surface area contributed by atoms with Crippen LogP contribution in [-0.2, 0) is 14.6 Å². The maximum absolute atomic E-state index is 12.3. The van der Waals surface area contributed by atoms with Crippen LogP contribution in [0.3, 0.4) is 0 Å². The lowest BCUT2D eigenvalue weighted by atomic mass is 9.99. The van der Waals surface area contributed by atoms with Crippen molar-refractivity contribution in [3.63, 3.8) is 0 Å². The molecule has 1 aliphatic carbocycles. The van der Waals surface area contributed by atoms with Gasteiger partial charge in [0.15, 0.2) is 15.6 Å². The van der Waals surface area contributed by atoms with Crippen LogP contribution in [0.5, 0.6) is 5.75 Å². The Hall–Kier alpha value is -1.69. The van der Waals surface area contributed by atoms with E-state index >= 15 is 0 Å². The number of sulfone groups is 1. The van der Waals surface area contributed by atoms with E-state index in [0.717, 1.165) is 19.1 Å². The minimum absolute atomic E-state index is 0.0328. The first-order valence-electron chi connectivity index (χ1n) is 7.28. The van der Waals surface area contributed by atoms with E-state index in [1.807, 2.05) is 0 Å². The molecular formula is C16H20O5S. The van der Waals surface area contributed by atoms with Crippen LogP contribution in [0, 0.1) is 12.8 Å². The van der Waals surface area contributed by atoms with Gasteiger partial charge in [-0.3, -0.25) is 9.59 Å². The van der Waals surface area contributed by atoms with Gasteiger partial charge in [-0.15, -0.1) is 0 Å². The first-order valence-corrected chi connectivity index (χ1v) is 9.17. The van der Waals surface area contributed by atoms with E-state index in [4.69, 9.17) is 4.74 Å². The molecule has 0 amide bonds. The Morgan fingerprint density at radius 3 is 2.41 bits per heavy atom. The summed E-state index contributed by atoms with van der Waals surface area (Å²) in [6, 6.07) is 2.85. The fraction of sp³-hybridized carbons (Fsp3) is 0.500. The topological polar surface area (TPSA) is 77.5 Å². The minimum Gasteiger partial charge on any atom is -0.492 e. The Labute approximate surface area is 130 Å². The molecule has 0 N–H and O–H groups in total. The van der Waals surface area contributed by atoms with Crippen LogP contribution in [0.15, 0.2) is 17.0 Å². The van der Waals surface area contributed by atoms with Crippen molar-refractivity contribution < 1.29 is 22.7 Å². The van der Waals surface area contributed by atoms with Gasteiger partial charge in [0.25, 0.3) is 0 Å². The second-order valence-corrected chi connectivity index (χ2v) is 7.60. The van der Waals surface area contributed by atoms with Crippen molar-refractivity contribution in [2.24, 2.45) is 5.92 Å². The average molecular weight is 324 g/mol. The lowest BCUT2D eigenvalue weighted by Gasteiger charge is -2.15. The largest absolute Gasteiger partial charge is 0.492 e. The standard InChI is InChI=1S/C16H20O5S/c1-4-21-16-10(2)12(7-8-15(16)22(3,19)20)14(18)9-13(17)11-5-6-11/h7-8,11H,4-6,9H2,1-3H3.